The van der Waals surface area contributed by atoms with Gasteiger partial charge in [0.05, 0.1) is 5.56 Å². The van der Waals surface area contributed by atoms with Crippen molar-refractivity contribution in [2.24, 2.45) is 0 Å². The first-order valence-corrected chi connectivity index (χ1v) is 5.82. The van der Waals surface area contributed by atoms with Crippen LogP contribution in [0.25, 0.3) is 0 Å². The molecule has 1 aromatic heterocycles. The van der Waals surface area contributed by atoms with Crippen LogP contribution in [0.1, 0.15) is 32.3 Å². The third kappa shape index (κ3) is 3.21. The average molecular weight is 268 g/mol. The van der Waals surface area contributed by atoms with Crippen molar-refractivity contribution < 1.29 is 0 Å². The number of anilines is 1. The van der Waals surface area contributed by atoms with Crippen molar-refractivity contribution in [3.05, 3.63) is 22.3 Å². The molecule has 0 atom stereocenters. The van der Waals surface area contributed by atoms with E-state index < -0.39 is 0 Å². The highest BCUT2D eigenvalue weighted by molar-refractivity contribution is 9.10. The Bertz CT molecular complexity index is 367. The van der Waals surface area contributed by atoms with E-state index in [1.165, 1.54) is 0 Å². The number of hydrogen-bond donors (Lipinski definition) is 1. The van der Waals surface area contributed by atoms with Gasteiger partial charge >= 0.3 is 0 Å². The summed E-state index contributed by atoms with van der Waals surface area (Å²) >= 11 is 3.30. The Kier molecular flexibility index (Phi) is 4.57. The SMILES string of the molecule is CCC(CC)Nc1ncc(Br)cc1C#N. The largest absolute Gasteiger partial charge is 0.366 e. The van der Waals surface area contributed by atoms with Gasteiger partial charge in [-0.2, -0.15) is 5.26 Å². The van der Waals surface area contributed by atoms with Crippen LogP contribution in [0.15, 0.2) is 16.7 Å². The molecule has 1 rings (SSSR count). The lowest BCUT2D eigenvalue weighted by Gasteiger charge is -2.16. The van der Waals surface area contributed by atoms with Crippen LogP contribution in [0.2, 0.25) is 0 Å². The Balaban J connectivity index is 2.90. The van der Waals surface area contributed by atoms with Crippen LogP contribution in [-0.2, 0) is 0 Å². The number of nitrogens with one attached hydrogen (secondary N) is 1. The second-order valence-corrected chi connectivity index (χ2v) is 4.23. The third-order valence-corrected chi connectivity index (χ3v) is 2.73. The maximum atomic E-state index is 8.95. The van der Waals surface area contributed by atoms with Crippen molar-refractivity contribution in [1.82, 2.24) is 4.98 Å². The Hall–Kier alpha value is -1.08. The molecule has 0 radical (unpaired) electrons. The molecule has 0 aromatic carbocycles. The summed E-state index contributed by atoms with van der Waals surface area (Å²) in [5.41, 5.74) is 0.580. The van der Waals surface area contributed by atoms with Crippen molar-refractivity contribution >= 4 is 21.7 Å². The monoisotopic (exact) mass is 267 g/mol. The molecule has 0 amide bonds. The Morgan fingerprint density at radius 1 is 1.53 bits per heavy atom. The molecule has 0 saturated carbocycles. The van der Waals surface area contributed by atoms with Gasteiger partial charge in [-0.3, -0.25) is 0 Å². The van der Waals surface area contributed by atoms with Gasteiger partial charge in [0.1, 0.15) is 11.9 Å². The molecule has 1 aromatic rings. The van der Waals surface area contributed by atoms with Gasteiger partial charge in [-0.25, -0.2) is 4.98 Å². The van der Waals surface area contributed by atoms with Crippen LogP contribution in [0, 0.1) is 11.3 Å². The quantitative estimate of drug-likeness (QED) is 0.911. The highest BCUT2D eigenvalue weighted by atomic mass is 79.9. The topological polar surface area (TPSA) is 48.7 Å². The number of nitrogens with zero attached hydrogens (tertiary/aromatic N) is 2. The molecule has 0 unspecified atom stereocenters. The maximum Gasteiger partial charge on any atom is 0.144 e. The summed E-state index contributed by atoms with van der Waals surface area (Å²) in [5, 5.41) is 12.2. The molecule has 1 heterocycles. The first-order chi connectivity index (χ1) is 7.21. The van der Waals surface area contributed by atoms with E-state index in [-0.39, 0.29) is 0 Å². The zero-order valence-electron chi connectivity index (χ0n) is 8.92. The Labute approximate surface area is 98.7 Å². The molecule has 0 fully saturated rings. The van der Waals surface area contributed by atoms with Crippen LogP contribution in [-0.4, -0.2) is 11.0 Å². The van der Waals surface area contributed by atoms with E-state index in [1.54, 1.807) is 12.3 Å². The number of rotatable bonds is 4. The molecule has 0 aliphatic rings. The van der Waals surface area contributed by atoms with E-state index in [0.717, 1.165) is 17.3 Å². The van der Waals surface area contributed by atoms with Gasteiger partial charge in [-0.15, -0.1) is 0 Å². The van der Waals surface area contributed by atoms with Crippen molar-refractivity contribution in [3.63, 3.8) is 0 Å². The van der Waals surface area contributed by atoms with Crippen LogP contribution >= 0.6 is 15.9 Å². The standard InChI is InChI=1S/C11H14BrN3/c1-3-10(4-2)15-11-8(6-13)5-9(12)7-14-11/h5,7,10H,3-4H2,1-2H3,(H,14,15). The first-order valence-electron chi connectivity index (χ1n) is 5.03. The summed E-state index contributed by atoms with van der Waals surface area (Å²) < 4.78 is 0.828. The summed E-state index contributed by atoms with van der Waals surface area (Å²) in [6.45, 7) is 4.23. The molecule has 0 aliphatic carbocycles. The van der Waals surface area contributed by atoms with Gasteiger partial charge < -0.3 is 5.32 Å². The molecule has 0 aliphatic heterocycles. The molecule has 80 valence electrons. The lowest BCUT2D eigenvalue weighted by molar-refractivity contribution is 0.668. The van der Waals surface area contributed by atoms with Crippen LogP contribution in [0.4, 0.5) is 5.82 Å². The molecular weight excluding hydrogens is 254 g/mol. The second kappa shape index (κ2) is 5.72. The lowest BCUT2D eigenvalue weighted by Crippen LogP contribution is -2.18. The molecule has 0 spiro atoms. The predicted octanol–water partition coefficient (Wildman–Crippen LogP) is 3.32. The number of hydrogen-bond acceptors (Lipinski definition) is 3. The molecule has 3 nitrogen and oxygen atoms in total. The Morgan fingerprint density at radius 3 is 2.73 bits per heavy atom. The smallest absolute Gasteiger partial charge is 0.144 e. The van der Waals surface area contributed by atoms with Gasteiger partial charge in [-0.05, 0) is 34.8 Å². The van der Waals surface area contributed by atoms with E-state index >= 15 is 0 Å². The minimum Gasteiger partial charge on any atom is -0.366 e. The summed E-state index contributed by atoms with van der Waals surface area (Å²) in [4.78, 5) is 4.20. The minimum atomic E-state index is 0.380. The van der Waals surface area contributed by atoms with Crippen molar-refractivity contribution in [2.45, 2.75) is 32.7 Å². The van der Waals surface area contributed by atoms with Crippen molar-refractivity contribution in [2.75, 3.05) is 5.32 Å². The highest BCUT2D eigenvalue weighted by Crippen LogP contribution is 2.18. The lowest BCUT2D eigenvalue weighted by atomic mass is 10.1. The molecule has 1 N–H and O–H groups in total. The van der Waals surface area contributed by atoms with E-state index in [2.05, 4.69) is 46.1 Å². The van der Waals surface area contributed by atoms with Crippen molar-refractivity contribution in [3.8, 4) is 6.07 Å². The Morgan fingerprint density at radius 2 is 2.20 bits per heavy atom. The number of pyridine rings is 1. The fourth-order valence-electron chi connectivity index (χ4n) is 1.33. The molecule has 15 heavy (non-hydrogen) atoms. The first kappa shape index (κ1) is 12.0. The second-order valence-electron chi connectivity index (χ2n) is 3.32. The fourth-order valence-corrected chi connectivity index (χ4v) is 1.66. The minimum absolute atomic E-state index is 0.380. The summed E-state index contributed by atoms with van der Waals surface area (Å²) in [6, 6.07) is 4.29. The fraction of sp³-hybridized carbons (Fsp3) is 0.455. The summed E-state index contributed by atoms with van der Waals surface area (Å²) in [5.74, 6) is 0.675. The van der Waals surface area contributed by atoms with Crippen molar-refractivity contribution in [1.29, 1.82) is 5.26 Å². The summed E-state index contributed by atoms with van der Waals surface area (Å²) in [6.07, 6.45) is 3.75. The van der Waals surface area contributed by atoms with Gasteiger partial charge in [-0.1, -0.05) is 13.8 Å². The number of nitriles is 1. The third-order valence-electron chi connectivity index (χ3n) is 2.30. The number of halogens is 1. The zero-order chi connectivity index (χ0) is 11.3. The van der Waals surface area contributed by atoms with Gasteiger partial charge in [0, 0.05) is 16.7 Å². The maximum absolute atomic E-state index is 8.95. The van der Waals surface area contributed by atoms with Crippen LogP contribution in [0.3, 0.4) is 0 Å². The molecule has 0 saturated heterocycles. The van der Waals surface area contributed by atoms with Crippen LogP contribution in [0.5, 0.6) is 0 Å². The highest BCUT2D eigenvalue weighted by Gasteiger charge is 2.08. The van der Waals surface area contributed by atoms with E-state index in [1.807, 2.05) is 0 Å². The van der Waals surface area contributed by atoms with Gasteiger partial charge in [0.25, 0.3) is 0 Å². The van der Waals surface area contributed by atoms with E-state index in [9.17, 15) is 0 Å². The van der Waals surface area contributed by atoms with Gasteiger partial charge in [0.2, 0.25) is 0 Å². The zero-order valence-corrected chi connectivity index (χ0v) is 10.5. The molecule has 0 bridgehead atoms. The van der Waals surface area contributed by atoms with Crippen LogP contribution < -0.4 is 5.32 Å². The van der Waals surface area contributed by atoms with Gasteiger partial charge in [0.15, 0.2) is 0 Å². The normalized spacial score (nSPS) is 10.1. The molecule has 4 heteroatoms. The van der Waals surface area contributed by atoms with E-state index in [4.69, 9.17) is 5.26 Å². The average Bonchev–Trinajstić information content (AvgIpc) is 2.27. The molecular formula is C11H14BrN3. The van der Waals surface area contributed by atoms with E-state index in [0.29, 0.717) is 17.4 Å². The number of aromatic nitrogens is 1. The predicted molar refractivity (Wildman–Crippen MR) is 64.6 cm³/mol. The summed E-state index contributed by atoms with van der Waals surface area (Å²) in [7, 11) is 0.